The van der Waals surface area contributed by atoms with E-state index in [1.165, 1.54) is 15.9 Å². The Hall–Kier alpha value is -2.29. The van der Waals surface area contributed by atoms with Crippen LogP contribution in [0.1, 0.15) is 65.9 Å². The van der Waals surface area contributed by atoms with E-state index >= 15 is 0 Å². The summed E-state index contributed by atoms with van der Waals surface area (Å²) >= 11 is 7.13. The van der Waals surface area contributed by atoms with Gasteiger partial charge in [-0.2, -0.15) is 0 Å². The first-order valence-electron chi connectivity index (χ1n) is 16.0. The van der Waals surface area contributed by atoms with Crippen LogP contribution in [0.4, 0.5) is 0 Å². The van der Waals surface area contributed by atoms with Crippen LogP contribution >= 0.6 is 24.0 Å². The molecule has 4 rings (SSSR count). The number of carbonyl (C=O) groups is 1. The summed E-state index contributed by atoms with van der Waals surface area (Å²) in [6, 6.07) is 31.8. The Kier molecular flexibility index (Phi) is 12.4. The average Bonchev–Trinajstić information content (AvgIpc) is 3.38. The second-order valence-electron chi connectivity index (χ2n) is 13.3. The molecule has 1 saturated heterocycles. The molecule has 1 heterocycles. The number of benzene rings is 3. The van der Waals surface area contributed by atoms with Gasteiger partial charge in [-0.25, -0.2) is 0 Å². The number of thioether (sulfide) groups is 1. The summed E-state index contributed by atoms with van der Waals surface area (Å²) in [6.45, 7) is 11.7. The van der Waals surface area contributed by atoms with Crippen molar-refractivity contribution >= 4 is 52.9 Å². The third-order valence-electron chi connectivity index (χ3n) is 8.93. The van der Waals surface area contributed by atoms with Gasteiger partial charge < -0.3 is 9.53 Å². The van der Waals surface area contributed by atoms with Gasteiger partial charge in [0, 0.05) is 12.4 Å². The molecule has 1 amide bonds. The summed E-state index contributed by atoms with van der Waals surface area (Å²) in [4.78, 5) is 15.3. The van der Waals surface area contributed by atoms with Crippen LogP contribution in [-0.2, 0) is 15.6 Å². The second kappa shape index (κ2) is 15.8. The first-order chi connectivity index (χ1) is 21.0. The summed E-state index contributed by atoms with van der Waals surface area (Å²) in [5, 5.41) is 13.6. The van der Waals surface area contributed by atoms with Crippen molar-refractivity contribution in [1.29, 1.82) is 0 Å². The van der Waals surface area contributed by atoms with Gasteiger partial charge in [-0.15, -0.1) is 0 Å². The zero-order valence-corrected chi connectivity index (χ0v) is 29.6. The maximum absolute atomic E-state index is 13.5. The SMILES string of the molecule is C[C@@H](CCCC[C@H](O)[C@@H](C)C(=O)N1C(=S)SC[C@@H]1Cc1ccccc1)CO[Si](c1ccccc1)(c1ccccc1)C(C)(C)C. The molecule has 0 spiro atoms. The van der Waals surface area contributed by atoms with E-state index in [9.17, 15) is 9.90 Å². The topological polar surface area (TPSA) is 49.8 Å². The van der Waals surface area contributed by atoms with Gasteiger partial charge in [0.1, 0.15) is 4.32 Å². The van der Waals surface area contributed by atoms with Crippen molar-refractivity contribution in [2.45, 2.75) is 83.9 Å². The number of hydrogen-bond acceptors (Lipinski definition) is 5. The van der Waals surface area contributed by atoms with Crippen LogP contribution in [0.25, 0.3) is 0 Å². The maximum Gasteiger partial charge on any atom is 0.261 e. The first kappa shape index (κ1) is 34.6. The van der Waals surface area contributed by atoms with E-state index in [4.69, 9.17) is 16.6 Å². The van der Waals surface area contributed by atoms with Crippen molar-refractivity contribution in [3.63, 3.8) is 0 Å². The average molecular weight is 648 g/mol. The van der Waals surface area contributed by atoms with Crippen molar-refractivity contribution in [3.8, 4) is 0 Å². The largest absolute Gasteiger partial charge is 0.407 e. The predicted molar refractivity (Wildman–Crippen MR) is 192 cm³/mol. The lowest BCUT2D eigenvalue weighted by Gasteiger charge is -2.43. The Balaban J connectivity index is 1.30. The molecule has 0 unspecified atom stereocenters. The molecule has 4 nitrogen and oxygen atoms in total. The van der Waals surface area contributed by atoms with Crippen molar-refractivity contribution in [2.75, 3.05) is 12.4 Å². The highest BCUT2D eigenvalue weighted by Gasteiger charge is 2.50. The number of unbranched alkanes of at least 4 members (excludes halogenated alkanes) is 1. The number of aliphatic hydroxyl groups is 1. The Labute approximate surface area is 275 Å². The molecule has 7 heteroatoms. The Morgan fingerprint density at radius 1 is 0.932 bits per heavy atom. The van der Waals surface area contributed by atoms with Crippen LogP contribution in [0, 0.1) is 11.8 Å². The Morgan fingerprint density at radius 2 is 1.45 bits per heavy atom. The summed E-state index contributed by atoms with van der Waals surface area (Å²) in [7, 11) is -2.55. The zero-order valence-electron chi connectivity index (χ0n) is 26.9. The van der Waals surface area contributed by atoms with E-state index in [0.717, 1.165) is 31.4 Å². The standard InChI is InChI=1S/C37H49NO3S2Si/c1-28(26-41-44(37(3,4)5,32-20-11-7-12-21-32)33-22-13-8-14-23-33)17-15-16-24-34(39)29(2)35(40)38-31(27-43-36(38)42)25-30-18-9-6-10-19-30/h6-14,18-23,28-29,31,34,39H,15-17,24-27H2,1-5H3/t28-,29+,31-,34-/m0/s1. The molecule has 4 atom stereocenters. The van der Waals surface area contributed by atoms with Gasteiger partial charge in [0.25, 0.3) is 8.32 Å². The fraction of sp³-hybridized carbons (Fsp3) is 0.459. The van der Waals surface area contributed by atoms with Gasteiger partial charge in [0.05, 0.1) is 18.1 Å². The fourth-order valence-corrected chi connectivity index (χ4v) is 12.5. The molecule has 0 aliphatic carbocycles. The van der Waals surface area contributed by atoms with Crippen molar-refractivity contribution < 1.29 is 14.3 Å². The maximum atomic E-state index is 13.5. The van der Waals surface area contributed by atoms with E-state index in [1.54, 1.807) is 16.7 Å². The van der Waals surface area contributed by atoms with Crippen molar-refractivity contribution in [1.82, 2.24) is 4.90 Å². The predicted octanol–water partition coefficient (Wildman–Crippen LogP) is 7.23. The highest BCUT2D eigenvalue weighted by Crippen LogP contribution is 2.37. The summed E-state index contributed by atoms with van der Waals surface area (Å²) in [5.41, 5.74) is 1.20. The Bertz CT molecular complexity index is 1290. The molecule has 236 valence electrons. The first-order valence-corrected chi connectivity index (χ1v) is 19.3. The van der Waals surface area contributed by atoms with Crippen LogP contribution < -0.4 is 10.4 Å². The van der Waals surface area contributed by atoms with Crippen molar-refractivity contribution in [2.24, 2.45) is 11.8 Å². The third kappa shape index (κ3) is 8.29. The number of thiocarbonyl (C=S) groups is 1. The van der Waals surface area contributed by atoms with Gasteiger partial charge in [-0.05, 0) is 46.2 Å². The zero-order chi connectivity index (χ0) is 31.7. The quantitative estimate of drug-likeness (QED) is 0.114. The molecule has 1 aliphatic heterocycles. The van der Waals surface area contributed by atoms with Gasteiger partial charge in [0.2, 0.25) is 5.91 Å². The molecule has 0 radical (unpaired) electrons. The molecular formula is C37H49NO3S2Si. The normalized spacial score (nSPS) is 17.8. The number of hydrogen-bond donors (Lipinski definition) is 1. The van der Waals surface area contributed by atoms with Gasteiger partial charge in [-0.1, -0.05) is 162 Å². The van der Waals surface area contributed by atoms with E-state index in [-0.39, 0.29) is 17.0 Å². The second-order valence-corrected chi connectivity index (χ2v) is 19.3. The van der Waals surface area contributed by atoms with E-state index < -0.39 is 20.3 Å². The molecule has 0 bridgehead atoms. The smallest absolute Gasteiger partial charge is 0.261 e. The third-order valence-corrected chi connectivity index (χ3v) is 15.5. The minimum Gasteiger partial charge on any atom is -0.407 e. The lowest BCUT2D eigenvalue weighted by Crippen LogP contribution is -2.66. The summed E-state index contributed by atoms with van der Waals surface area (Å²) in [5.74, 6) is 0.641. The lowest BCUT2D eigenvalue weighted by molar-refractivity contribution is -0.135. The molecule has 1 aliphatic rings. The number of rotatable bonds is 14. The van der Waals surface area contributed by atoms with Crippen LogP contribution in [0.5, 0.6) is 0 Å². The molecule has 0 aromatic heterocycles. The number of carbonyl (C=O) groups excluding carboxylic acids is 1. The van der Waals surface area contributed by atoms with Crippen LogP contribution in [0.2, 0.25) is 5.04 Å². The van der Waals surface area contributed by atoms with Crippen LogP contribution in [-0.4, -0.2) is 53.1 Å². The number of nitrogens with zero attached hydrogens (tertiary/aromatic N) is 1. The van der Waals surface area contributed by atoms with Crippen LogP contribution in [0.3, 0.4) is 0 Å². The molecule has 3 aromatic carbocycles. The summed E-state index contributed by atoms with van der Waals surface area (Å²) in [6.07, 6.45) is 3.56. The minimum atomic E-state index is -2.55. The van der Waals surface area contributed by atoms with E-state index in [2.05, 4.69) is 100 Å². The van der Waals surface area contributed by atoms with Crippen LogP contribution in [0.15, 0.2) is 91.0 Å². The molecule has 1 fully saturated rings. The van der Waals surface area contributed by atoms with E-state index in [0.29, 0.717) is 23.3 Å². The van der Waals surface area contributed by atoms with Gasteiger partial charge in [0.15, 0.2) is 0 Å². The number of aliphatic hydroxyl groups excluding tert-OH is 1. The summed E-state index contributed by atoms with van der Waals surface area (Å²) < 4.78 is 7.75. The van der Waals surface area contributed by atoms with Gasteiger partial charge >= 0.3 is 0 Å². The highest BCUT2D eigenvalue weighted by atomic mass is 32.2. The van der Waals surface area contributed by atoms with E-state index in [1.807, 2.05) is 25.1 Å². The lowest BCUT2D eigenvalue weighted by atomic mass is 9.95. The monoisotopic (exact) mass is 647 g/mol. The molecule has 1 N–H and O–H groups in total. The Morgan fingerprint density at radius 3 is 2.00 bits per heavy atom. The van der Waals surface area contributed by atoms with Gasteiger partial charge in [-0.3, -0.25) is 9.69 Å². The molecule has 0 saturated carbocycles. The number of amides is 1. The molecular weight excluding hydrogens is 599 g/mol. The van der Waals surface area contributed by atoms with Crippen molar-refractivity contribution in [3.05, 3.63) is 96.6 Å². The molecule has 44 heavy (non-hydrogen) atoms. The highest BCUT2D eigenvalue weighted by molar-refractivity contribution is 8.23. The molecule has 3 aromatic rings. The fourth-order valence-electron chi connectivity index (χ4n) is 6.36. The minimum absolute atomic E-state index is 0.0356.